The molecule has 1 aromatic heterocycles. The predicted molar refractivity (Wildman–Crippen MR) is 77.6 cm³/mol. The van der Waals surface area contributed by atoms with Crippen LogP contribution >= 0.6 is 11.8 Å². The van der Waals surface area contributed by atoms with E-state index in [0.717, 1.165) is 5.56 Å². The van der Waals surface area contributed by atoms with Crippen molar-refractivity contribution in [3.63, 3.8) is 0 Å². The molecule has 1 amide bonds. The molecule has 0 saturated carbocycles. The molecule has 2 heterocycles. The molecular weight excluding hydrogens is 292 g/mol. The van der Waals surface area contributed by atoms with E-state index in [9.17, 15) is 14.9 Å². The molecule has 108 valence electrons. The van der Waals surface area contributed by atoms with E-state index in [1.54, 1.807) is 11.0 Å². The first-order valence-corrected chi connectivity index (χ1v) is 7.39. The molecule has 1 saturated heterocycles. The number of hydrogen-bond acceptors (Lipinski definition) is 5. The highest BCUT2D eigenvalue weighted by atomic mass is 32.2. The molecule has 3 rings (SSSR count). The van der Waals surface area contributed by atoms with Gasteiger partial charge in [0.15, 0.2) is 0 Å². The molecule has 1 fully saturated rings. The third-order valence-corrected chi connectivity index (χ3v) is 4.42. The van der Waals surface area contributed by atoms with Crippen molar-refractivity contribution in [3.8, 4) is 0 Å². The van der Waals surface area contributed by atoms with E-state index in [1.807, 2.05) is 30.3 Å². The van der Waals surface area contributed by atoms with Crippen LogP contribution < -0.4 is 0 Å². The van der Waals surface area contributed by atoms with Gasteiger partial charge in [0.25, 0.3) is 0 Å². The van der Waals surface area contributed by atoms with Gasteiger partial charge in [-0.1, -0.05) is 30.3 Å². The number of thioether (sulfide) groups is 1. The van der Waals surface area contributed by atoms with Crippen molar-refractivity contribution in [3.05, 3.63) is 63.9 Å². The molecule has 2 aromatic rings. The van der Waals surface area contributed by atoms with Gasteiger partial charge in [0.2, 0.25) is 5.91 Å². The number of rotatable bonds is 4. The zero-order chi connectivity index (χ0) is 14.8. The summed E-state index contributed by atoms with van der Waals surface area (Å²) in [5.74, 6) is 0.498. The van der Waals surface area contributed by atoms with Crippen LogP contribution in [0.2, 0.25) is 0 Å². The van der Waals surface area contributed by atoms with Crippen LogP contribution in [0.5, 0.6) is 0 Å². The highest BCUT2D eigenvalue weighted by Gasteiger charge is 2.35. The van der Waals surface area contributed by atoms with Crippen LogP contribution in [0, 0.1) is 10.1 Å². The van der Waals surface area contributed by atoms with E-state index in [-0.39, 0.29) is 17.2 Å². The summed E-state index contributed by atoms with van der Waals surface area (Å²) in [5, 5.41) is 10.4. The fraction of sp³-hybridized carbons (Fsp3) is 0.214. The summed E-state index contributed by atoms with van der Waals surface area (Å²) in [5.41, 5.74) is 1.01. The molecule has 0 radical (unpaired) electrons. The number of benzene rings is 1. The van der Waals surface area contributed by atoms with E-state index in [0.29, 0.717) is 18.1 Å². The largest absolute Gasteiger partial charge is 0.433 e. The highest BCUT2D eigenvalue weighted by Crippen LogP contribution is 2.41. The van der Waals surface area contributed by atoms with Crippen LogP contribution in [-0.4, -0.2) is 21.5 Å². The molecule has 21 heavy (non-hydrogen) atoms. The quantitative estimate of drug-likeness (QED) is 0.641. The van der Waals surface area contributed by atoms with Crippen molar-refractivity contribution in [2.45, 2.75) is 11.9 Å². The van der Waals surface area contributed by atoms with E-state index in [2.05, 4.69) is 0 Å². The van der Waals surface area contributed by atoms with E-state index >= 15 is 0 Å². The Morgan fingerprint density at radius 2 is 2.05 bits per heavy atom. The summed E-state index contributed by atoms with van der Waals surface area (Å²) in [6, 6.07) is 12.5. The molecule has 1 atom stereocenters. The Labute approximate surface area is 124 Å². The maximum Gasteiger partial charge on any atom is 0.433 e. The van der Waals surface area contributed by atoms with Crippen molar-refractivity contribution in [1.82, 2.24) is 4.90 Å². The third kappa shape index (κ3) is 2.78. The van der Waals surface area contributed by atoms with Gasteiger partial charge in [-0.3, -0.25) is 14.9 Å². The highest BCUT2D eigenvalue weighted by molar-refractivity contribution is 8.00. The Bertz CT molecular complexity index is 671. The first kappa shape index (κ1) is 13.7. The van der Waals surface area contributed by atoms with Gasteiger partial charge in [-0.2, -0.15) is 0 Å². The van der Waals surface area contributed by atoms with Crippen LogP contribution in [0.4, 0.5) is 5.88 Å². The van der Waals surface area contributed by atoms with Crippen molar-refractivity contribution in [2.24, 2.45) is 0 Å². The van der Waals surface area contributed by atoms with E-state index in [4.69, 9.17) is 4.42 Å². The van der Waals surface area contributed by atoms with Crippen molar-refractivity contribution < 1.29 is 14.1 Å². The number of furan rings is 1. The second kappa shape index (κ2) is 5.61. The third-order valence-electron chi connectivity index (χ3n) is 3.20. The maximum absolute atomic E-state index is 12.0. The molecule has 0 N–H and O–H groups in total. The fourth-order valence-electron chi connectivity index (χ4n) is 2.21. The Balaban J connectivity index is 1.83. The lowest BCUT2D eigenvalue weighted by atomic mass is 10.2. The Morgan fingerprint density at radius 3 is 2.71 bits per heavy atom. The second-order valence-electron chi connectivity index (χ2n) is 4.60. The number of nitro groups is 1. The number of amides is 1. The average Bonchev–Trinajstić information content (AvgIpc) is 3.08. The normalized spacial score (nSPS) is 18.2. The molecule has 7 heteroatoms. The average molecular weight is 304 g/mol. The monoisotopic (exact) mass is 304 g/mol. The molecule has 1 aliphatic rings. The lowest BCUT2D eigenvalue weighted by Crippen LogP contribution is -2.27. The smallest absolute Gasteiger partial charge is 0.403 e. The van der Waals surface area contributed by atoms with Gasteiger partial charge in [-0.25, -0.2) is 0 Å². The van der Waals surface area contributed by atoms with Gasteiger partial charge in [-0.15, -0.1) is 11.8 Å². The summed E-state index contributed by atoms with van der Waals surface area (Å²) >= 11 is 1.42. The van der Waals surface area contributed by atoms with Crippen LogP contribution in [0.1, 0.15) is 16.7 Å². The zero-order valence-electron chi connectivity index (χ0n) is 11.0. The van der Waals surface area contributed by atoms with Crippen molar-refractivity contribution in [2.75, 3.05) is 5.75 Å². The second-order valence-corrected chi connectivity index (χ2v) is 5.67. The van der Waals surface area contributed by atoms with Crippen LogP contribution in [0.15, 0.2) is 46.9 Å². The fourth-order valence-corrected chi connectivity index (χ4v) is 3.34. The lowest BCUT2D eigenvalue weighted by molar-refractivity contribution is -0.402. The summed E-state index contributed by atoms with van der Waals surface area (Å²) in [4.78, 5) is 23.8. The van der Waals surface area contributed by atoms with Gasteiger partial charge in [-0.05, 0) is 11.6 Å². The van der Waals surface area contributed by atoms with Gasteiger partial charge in [0.05, 0.1) is 11.8 Å². The SMILES string of the molecule is O=C1CS[C@@H](c2ccc([N+](=O)[O-])o2)N1Cc1ccccc1. The molecule has 0 bridgehead atoms. The lowest BCUT2D eigenvalue weighted by Gasteiger charge is -2.22. The van der Waals surface area contributed by atoms with Gasteiger partial charge in [0.1, 0.15) is 16.1 Å². The van der Waals surface area contributed by atoms with Crippen molar-refractivity contribution >= 4 is 23.6 Å². The Morgan fingerprint density at radius 1 is 1.29 bits per heavy atom. The topological polar surface area (TPSA) is 76.6 Å². The van der Waals surface area contributed by atoms with Crippen LogP contribution in [0.25, 0.3) is 0 Å². The molecular formula is C14H12N2O4S. The predicted octanol–water partition coefficient (Wildman–Crippen LogP) is 2.96. The zero-order valence-corrected chi connectivity index (χ0v) is 11.8. The van der Waals surface area contributed by atoms with E-state index < -0.39 is 4.92 Å². The maximum atomic E-state index is 12.0. The summed E-state index contributed by atoms with van der Waals surface area (Å²) in [6.45, 7) is 0.464. The number of carbonyl (C=O) groups excluding carboxylic acids is 1. The van der Waals surface area contributed by atoms with Gasteiger partial charge in [0, 0.05) is 6.54 Å². The summed E-state index contributed by atoms with van der Waals surface area (Å²) in [7, 11) is 0. The molecule has 0 spiro atoms. The van der Waals surface area contributed by atoms with Crippen LogP contribution in [-0.2, 0) is 11.3 Å². The minimum atomic E-state index is -0.577. The molecule has 6 nitrogen and oxygen atoms in total. The van der Waals surface area contributed by atoms with Crippen molar-refractivity contribution in [1.29, 1.82) is 0 Å². The Kier molecular flexibility index (Phi) is 3.66. The molecule has 1 aromatic carbocycles. The van der Waals surface area contributed by atoms with Crippen LogP contribution in [0.3, 0.4) is 0 Å². The minimum Gasteiger partial charge on any atom is -0.403 e. The van der Waals surface area contributed by atoms with E-state index in [1.165, 1.54) is 17.8 Å². The summed E-state index contributed by atoms with van der Waals surface area (Å²) < 4.78 is 5.23. The molecule has 0 unspecified atom stereocenters. The Hall–Kier alpha value is -2.28. The standard InChI is InChI=1S/C14H12N2O4S/c17-12-9-21-14(11-6-7-13(20-11)16(18)19)15(12)8-10-4-2-1-3-5-10/h1-7,14H,8-9H2/t14-/m0/s1. The number of carbonyl (C=O) groups is 1. The molecule has 0 aliphatic carbocycles. The van der Waals surface area contributed by atoms with Gasteiger partial charge < -0.3 is 9.32 Å². The molecule has 1 aliphatic heterocycles. The first-order chi connectivity index (χ1) is 10.1. The first-order valence-electron chi connectivity index (χ1n) is 6.34. The minimum absolute atomic E-state index is 0.00732. The summed E-state index contributed by atoms with van der Waals surface area (Å²) in [6.07, 6.45) is 0. The van der Waals surface area contributed by atoms with Gasteiger partial charge >= 0.3 is 5.88 Å². The number of nitrogens with zero attached hydrogens (tertiary/aromatic N) is 2. The number of hydrogen-bond donors (Lipinski definition) is 0.